The maximum atomic E-state index is 6.05. The van der Waals surface area contributed by atoms with E-state index in [-0.39, 0.29) is 0 Å². The molecular weight excluding hydrogens is 254 g/mol. The molecule has 0 saturated carbocycles. The molecular formula is C13H14ClNOS. The van der Waals surface area contributed by atoms with Gasteiger partial charge in [0.25, 0.3) is 0 Å². The van der Waals surface area contributed by atoms with E-state index in [9.17, 15) is 0 Å². The zero-order chi connectivity index (χ0) is 12.1. The minimum absolute atomic E-state index is 0.453. The molecule has 0 bridgehead atoms. The Morgan fingerprint density at radius 3 is 2.82 bits per heavy atom. The van der Waals surface area contributed by atoms with Gasteiger partial charge in [0.1, 0.15) is 5.75 Å². The predicted molar refractivity (Wildman–Crippen MR) is 72.9 cm³/mol. The summed E-state index contributed by atoms with van der Waals surface area (Å²) < 4.78 is 5.64. The largest absolute Gasteiger partial charge is 0.493 e. The van der Waals surface area contributed by atoms with Gasteiger partial charge in [0.2, 0.25) is 0 Å². The zero-order valence-electron chi connectivity index (χ0n) is 9.36. The molecule has 2 N–H and O–H groups in total. The van der Waals surface area contributed by atoms with Crippen molar-refractivity contribution in [1.29, 1.82) is 0 Å². The van der Waals surface area contributed by atoms with Crippen LogP contribution in [0.4, 0.5) is 0 Å². The van der Waals surface area contributed by atoms with Crippen molar-refractivity contribution in [1.82, 2.24) is 0 Å². The number of nitrogens with two attached hydrogens (primary N) is 1. The molecule has 2 rings (SSSR count). The van der Waals surface area contributed by atoms with Gasteiger partial charge < -0.3 is 10.5 Å². The van der Waals surface area contributed by atoms with Gasteiger partial charge in [0.05, 0.1) is 6.61 Å². The van der Waals surface area contributed by atoms with E-state index in [2.05, 4.69) is 11.4 Å². The Morgan fingerprint density at radius 2 is 2.18 bits per heavy atom. The molecule has 0 fully saturated rings. The number of rotatable bonds is 5. The Labute approximate surface area is 110 Å². The van der Waals surface area contributed by atoms with Crippen molar-refractivity contribution in [3.8, 4) is 5.75 Å². The molecule has 90 valence electrons. The van der Waals surface area contributed by atoms with Gasteiger partial charge in [-0.2, -0.15) is 0 Å². The quantitative estimate of drug-likeness (QED) is 0.900. The monoisotopic (exact) mass is 267 g/mol. The lowest BCUT2D eigenvalue weighted by Crippen LogP contribution is -2.01. The van der Waals surface area contributed by atoms with Crippen LogP contribution in [0.3, 0.4) is 0 Å². The van der Waals surface area contributed by atoms with Crippen molar-refractivity contribution in [3.63, 3.8) is 0 Å². The molecule has 1 aromatic carbocycles. The van der Waals surface area contributed by atoms with Gasteiger partial charge in [0, 0.05) is 22.9 Å². The third-order valence-electron chi connectivity index (χ3n) is 2.44. The lowest BCUT2D eigenvalue weighted by atomic mass is 10.2. The Balaban J connectivity index is 1.89. The molecule has 0 aliphatic carbocycles. The highest BCUT2D eigenvalue weighted by atomic mass is 35.5. The van der Waals surface area contributed by atoms with Crippen LogP contribution in [0.25, 0.3) is 0 Å². The number of thiophene rings is 1. The first-order valence-electron chi connectivity index (χ1n) is 5.43. The van der Waals surface area contributed by atoms with Crippen LogP contribution in [-0.4, -0.2) is 6.61 Å². The third kappa shape index (κ3) is 3.46. The van der Waals surface area contributed by atoms with Gasteiger partial charge in [-0.1, -0.05) is 23.7 Å². The van der Waals surface area contributed by atoms with Crippen molar-refractivity contribution >= 4 is 22.9 Å². The van der Waals surface area contributed by atoms with Gasteiger partial charge >= 0.3 is 0 Å². The van der Waals surface area contributed by atoms with E-state index in [4.69, 9.17) is 22.1 Å². The second-order valence-corrected chi connectivity index (χ2v) is 5.07. The smallest absolute Gasteiger partial charge is 0.120 e. The first kappa shape index (κ1) is 12.4. The highest BCUT2D eigenvalue weighted by Crippen LogP contribution is 2.22. The maximum Gasteiger partial charge on any atom is 0.120 e. The summed E-state index contributed by atoms with van der Waals surface area (Å²) in [5.74, 6) is 0.795. The summed E-state index contributed by atoms with van der Waals surface area (Å²) in [4.78, 5) is 1.33. The summed E-state index contributed by atoms with van der Waals surface area (Å²) in [5, 5.41) is 2.74. The molecule has 0 atom stereocenters. The molecule has 2 aromatic rings. The van der Waals surface area contributed by atoms with Crippen LogP contribution in [0.1, 0.15) is 10.4 Å². The molecule has 4 heteroatoms. The Bertz CT molecular complexity index is 470. The highest BCUT2D eigenvalue weighted by molar-refractivity contribution is 7.09. The fourth-order valence-electron chi connectivity index (χ4n) is 1.51. The van der Waals surface area contributed by atoms with E-state index in [1.165, 1.54) is 4.88 Å². The molecule has 0 radical (unpaired) electrons. The van der Waals surface area contributed by atoms with Crippen molar-refractivity contribution in [3.05, 3.63) is 51.2 Å². The van der Waals surface area contributed by atoms with Gasteiger partial charge in [-0.3, -0.25) is 0 Å². The minimum Gasteiger partial charge on any atom is -0.493 e. The number of ether oxygens (including phenoxy) is 1. The second-order valence-electron chi connectivity index (χ2n) is 3.64. The standard InChI is InChI=1S/C13H14ClNOS/c14-13-8-11(4-3-10(13)9-15)16-6-5-12-2-1-7-17-12/h1-4,7-8H,5-6,9,15H2. The topological polar surface area (TPSA) is 35.2 Å². The van der Waals surface area contributed by atoms with Gasteiger partial charge in [-0.25, -0.2) is 0 Å². The fourth-order valence-corrected chi connectivity index (χ4v) is 2.45. The molecule has 0 spiro atoms. The summed E-state index contributed by atoms with van der Waals surface area (Å²) in [5.41, 5.74) is 6.48. The SMILES string of the molecule is NCc1ccc(OCCc2cccs2)cc1Cl. The van der Waals surface area contributed by atoms with E-state index >= 15 is 0 Å². The molecule has 0 aliphatic heterocycles. The van der Waals surface area contributed by atoms with Crippen molar-refractivity contribution in [2.75, 3.05) is 6.61 Å². The van der Waals surface area contributed by atoms with Crippen LogP contribution in [0, 0.1) is 0 Å². The van der Waals surface area contributed by atoms with Crippen LogP contribution in [0.15, 0.2) is 35.7 Å². The first-order chi connectivity index (χ1) is 8.29. The molecule has 0 saturated heterocycles. The molecule has 2 nitrogen and oxygen atoms in total. The Hall–Kier alpha value is -1.03. The third-order valence-corrected chi connectivity index (χ3v) is 3.73. The zero-order valence-corrected chi connectivity index (χ0v) is 10.9. The van der Waals surface area contributed by atoms with Crippen LogP contribution in [-0.2, 0) is 13.0 Å². The molecule has 17 heavy (non-hydrogen) atoms. The number of benzene rings is 1. The van der Waals surface area contributed by atoms with E-state index < -0.39 is 0 Å². The van der Waals surface area contributed by atoms with Crippen molar-refractivity contribution < 1.29 is 4.74 Å². The summed E-state index contributed by atoms with van der Waals surface area (Å²) in [6, 6.07) is 9.79. The molecule has 0 aliphatic rings. The van der Waals surface area contributed by atoms with Gasteiger partial charge in [-0.15, -0.1) is 11.3 Å². The highest BCUT2D eigenvalue weighted by Gasteiger charge is 2.01. The Morgan fingerprint density at radius 1 is 1.29 bits per heavy atom. The molecule has 0 amide bonds. The minimum atomic E-state index is 0.453. The van der Waals surface area contributed by atoms with Gasteiger partial charge in [0.15, 0.2) is 0 Å². The van der Waals surface area contributed by atoms with Gasteiger partial charge in [-0.05, 0) is 29.1 Å². The average molecular weight is 268 g/mol. The van der Waals surface area contributed by atoms with Crippen molar-refractivity contribution in [2.45, 2.75) is 13.0 Å². The predicted octanol–water partition coefficient (Wildman–Crippen LogP) is 3.48. The fraction of sp³-hybridized carbons (Fsp3) is 0.231. The summed E-state index contributed by atoms with van der Waals surface area (Å²) >= 11 is 7.79. The summed E-state index contributed by atoms with van der Waals surface area (Å²) in [7, 11) is 0. The van der Waals surface area contributed by atoms with E-state index in [1.807, 2.05) is 24.3 Å². The number of hydrogen-bond acceptors (Lipinski definition) is 3. The number of halogens is 1. The summed E-state index contributed by atoms with van der Waals surface area (Å²) in [6.45, 7) is 1.12. The van der Waals surface area contributed by atoms with Crippen LogP contribution in [0.5, 0.6) is 5.75 Å². The second kappa shape index (κ2) is 6.05. The molecule has 0 unspecified atom stereocenters. The average Bonchev–Trinajstić information content (AvgIpc) is 2.82. The van der Waals surface area contributed by atoms with Crippen molar-refractivity contribution in [2.24, 2.45) is 5.73 Å². The first-order valence-corrected chi connectivity index (χ1v) is 6.69. The maximum absolute atomic E-state index is 6.05. The Kier molecular flexibility index (Phi) is 4.42. The molecule has 1 heterocycles. The summed E-state index contributed by atoms with van der Waals surface area (Å²) in [6.07, 6.45) is 0.925. The molecule has 1 aromatic heterocycles. The normalized spacial score (nSPS) is 10.5. The van der Waals surface area contributed by atoms with Crippen LogP contribution >= 0.6 is 22.9 Å². The lowest BCUT2D eigenvalue weighted by molar-refractivity contribution is 0.323. The van der Waals surface area contributed by atoms with E-state index in [0.29, 0.717) is 18.2 Å². The van der Waals surface area contributed by atoms with Crippen LogP contribution < -0.4 is 10.5 Å². The van der Waals surface area contributed by atoms with Crippen LogP contribution in [0.2, 0.25) is 5.02 Å². The number of hydrogen-bond donors (Lipinski definition) is 1. The van der Waals surface area contributed by atoms with E-state index in [1.54, 1.807) is 11.3 Å². The van der Waals surface area contributed by atoms with E-state index in [0.717, 1.165) is 17.7 Å². The lowest BCUT2D eigenvalue weighted by Gasteiger charge is -2.07.